The van der Waals surface area contributed by atoms with Gasteiger partial charge in [0.15, 0.2) is 0 Å². The molecule has 0 aromatic carbocycles. The van der Waals surface area contributed by atoms with E-state index in [2.05, 4.69) is 33.0 Å². The number of hydrogen-bond acceptors (Lipinski definition) is 2. The van der Waals surface area contributed by atoms with Crippen LogP contribution in [0.2, 0.25) is 0 Å². The van der Waals surface area contributed by atoms with E-state index in [1.165, 1.54) is 0 Å². The van der Waals surface area contributed by atoms with Crippen molar-refractivity contribution in [3.63, 3.8) is 0 Å². The average Bonchev–Trinajstić information content (AvgIpc) is 2.10. The summed E-state index contributed by atoms with van der Waals surface area (Å²) in [5.74, 6) is 0.597. The Balaban J connectivity index is 4.09. The maximum Gasteiger partial charge on any atom is 0.224 e. The van der Waals surface area contributed by atoms with E-state index in [0.717, 1.165) is 13.0 Å². The highest BCUT2D eigenvalue weighted by Gasteiger charge is 2.23. The summed E-state index contributed by atoms with van der Waals surface area (Å²) in [5.41, 5.74) is 5.85. The van der Waals surface area contributed by atoms with Crippen molar-refractivity contribution in [3.05, 3.63) is 0 Å². The predicted molar refractivity (Wildman–Crippen MR) is 69.1 cm³/mol. The molecule has 16 heavy (non-hydrogen) atoms. The van der Waals surface area contributed by atoms with Crippen LogP contribution in [0.3, 0.4) is 0 Å². The molecular weight excluding hydrogens is 200 g/mol. The first-order valence-electron chi connectivity index (χ1n) is 6.19. The van der Waals surface area contributed by atoms with Crippen molar-refractivity contribution in [1.29, 1.82) is 0 Å². The number of nitrogens with two attached hydrogens (primary N) is 1. The van der Waals surface area contributed by atoms with E-state index in [1.54, 1.807) is 0 Å². The lowest BCUT2D eigenvalue weighted by molar-refractivity contribution is -0.125. The molecule has 1 amide bonds. The van der Waals surface area contributed by atoms with Crippen molar-refractivity contribution < 1.29 is 4.79 Å². The second kappa shape index (κ2) is 6.24. The van der Waals surface area contributed by atoms with Crippen LogP contribution in [-0.2, 0) is 4.79 Å². The first-order chi connectivity index (χ1) is 7.15. The van der Waals surface area contributed by atoms with Crippen LogP contribution in [-0.4, -0.2) is 18.5 Å². The summed E-state index contributed by atoms with van der Waals surface area (Å²) in [5, 5.41) is 2.99. The van der Waals surface area contributed by atoms with E-state index < -0.39 is 0 Å². The van der Waals surface area contributed by atoms with Gasteiger partial charge in [-0.1, -0.05) is 34.6 Å². The van der Waals surface area contributed by atoms with Gasteiger partial charge in [-0.05, 0) is 24.7 Å². The van der Waals surface area contributed by atoms with Gasteiger partial charge >= 0.3 is 0 Å². The Hall–Kier alpha value is -0.570. The first kappa shape index (κ1) is 15.4. The van der Waals surface area contributed by atoms with Crippen LogP contribution in [0.25, 0.3) is 0 Å². The number of hydrogen-bond donors (Lipinski definition) is 2. The molecule has 0 aromatic rings. The van der Waals surface area contributed by atoms with E-state index in [1.807, 2.05) is 13.8 Å². The number of carbonyl (C=O) groups excluding carboxylic acids is 1. The Morgan fingerprint density at radius 3 is 2.12 bits per heavy atom. The Bertz CT molecular complexity index is 222. The maximum absolute atomic E-state index is 11.7. The molecule has 3 nitrogen and oxygen atoms in total. The highest BCUT2D eigenvalue weighted by Crippen LogP contribution is 2.24. The van der Waals surface area contributed by atoms with Crippen molar-refractivity contribution >= 4 is 5.91 Å². The molecule has 0 saturated carbocycles. The maximum atomic E-state index is 11.7. The fourth-order valence-corrected chi connectivity index (χ4v) is 1.90. The molecule has 0 saturated heterocycles. The molecule has 0 heterocycles. The van der Waals surface area contributed by atoms with E-state index in [-0.39, 0.29) is 23.3 Å². The smallest absolute Gasteiger partial charge is 0.224 e. The molecular formula is C13H28N2O. The Morgan fingerprint density at radius 1 is 1.25 bits per heavy atom. The quantitative estimate of drug-likeness (QED) is 0.732. The van der Waals surface area contributed by atoms with Gasteiger partial charge in [0.1, 0.15) is 0 Å². The summed E-state index contributed by atoms with van der Waals surface area (Å²) in [6.45, 7) is 13.2. The van der Waals surface area contributed by atoms with Crippen LogP contribution in [0.1, 0.15) is 48.0 Å². The molecule has 3 heteroatoms. The normalized spacial score (nSPS) is 16.0. The largest absolute Gasteiger partial charge is 0.355 e. The van der Waals surface area contributed by atoms with E-state index >= 15 is 0 Å². The summed E-state index contributed by atoms with van der Waals surface area (Å²) in [6, 6.07) is -0.0896. The molecule has 0 fully saturated rings. The average molecular weight is 228 g/mol. The third kappa shape index (κ3) is 6.11. The third-order valence-corrected chi connectivity index (χ3v) is 2.90. The molecule has 2 unspecified atom stereocenters. The molecule has 0 rings (SSSR count). The molecule has 96 valence electrons. The Kier molecular flexibility index (Phi) is 6.01. The zero-order valence-electron chi connectivity index (χ0n) is 11.6. The number of carbonyl (C=O) groups is 1. The van der Waals surface area contributed by atoms with Crippen LogP contribution >= 0.6 is 0 Å². The van der Waals surface area contributed by atoms with Gasteiger partial charge < -0.3 is 11.1 Å². The fourth-order valence-electron chi connectivity index (χ4n) is 1.90. The second-order valence-corrected chi connectivity index (χ2v) is 6.13. The summed E-state index contributed by atoms with van der Waals surface area (Å²) in [4.78, 5) is 11.7. The lowest BCUT2D eigenvalue weighted by Gasteiger charge is -2.28. The van der Waals surface area contributed by atoms with E-state index in [0.29, 0.717) is 5.92 Å². The lowest BCUT2D eigenvalue weighted by Crippen LogP contribution is -2.42. The highest BCUT2D eigenvalue weighted by molar-refractivity contribution is 5.78. The molecule has 2 atom stereocenters. The third-order valence-electron chi connectivity index (χ3n) is 2.90. The van der Waals surface area contributed by atoms with Crippen LogP contribution < -0.4 is 11.1 Å². The van der Waals surface area contributed by atoms with Gasteiger partial charge in [0.05, 0.1) is 0 Å². The summed E-state index contributed by atoms with van der Waals surface area (Å²) in [6.07, 6.45) is 1.11. The number of nitrogens with one attached hydrogen (secondary N) is 1. The van der Waals surface area contributed by atoms with Gasteiger partial charge in [0, 0.05) is 18.5 Å². The topological polar surface area (TPSA) is 55.1 Å². The zero-order valence-corrected chi connectivity index (χ0v) is 11.6. The highest BCUT2D eigenvalue weighted by atomic mass is 16.1. The Morgan fingerprint density at radius 2 is 1.75 bits per heavy atom. The molecule has 0 aliphatic rings. The van der Waals surface area contributed by atoms with Crippen LogP contribution in [0, 0.1) is 17.3 Å². The molecule has 0 aromatic heterocycles. The van der Waals surface area contributed by atoms with Crippen molar-refractivity contribution in [2.24, 2.45) is 23.0 Å². The van der Waals surface area contributed by atoms with Crippen LogP contribution in [0.4, 0.5) is 0 Å². The van der Waals surface area contributed by atoms with Gasteiger partial charge in [-0.25, -0.2) is 0 Å². The molecule has 3 N–H and O–H groups in total. The van der Waals surface area contributed by atoms with Gasteiger partial charge in [-0.2, -0.15) is 0 Å². The summed E-state index contributed by atoms with van der Waals surface area (Å²) < 4.78 is 0. The van der Waals surface area contributed by atoms with E-state index in [9.17, 15) is 4.79 Å². The van der Waals surface area contributed by atoms with Gasteiger partial charge in [-0.3, -0.25) is 4.79 Å². The minimum atomic E-state index is -0.116. The number of rotatable bonds is 6. The molecule has 0 spiro atoms. The SMILES string of the molecule is CC(C)CC(C)(C)CNC(=O)C(C)C(C)N. The summed E-state index contributed by atoms with van der Waals surface area (Å²) >= 11 is 0. The first-order valence-corrected chi connectivity index (χ1v) is 6.19. The molecule has 0 aliphatic carbocycles. The van der Waals surface area contributed by atoms with Gasteiger partial charge in [0.2, 0.25) is 5.91 Å². The van der Waals surface area contributed by atoms with Crippen LogP contribution in [0.5, 0.6) is 0 Å². The van der Waals surface area contributed by atoms with Crippen molar-refractivity contribution in [3.8, 4) is 0 Å². The monoisotopic (exact) mass is 228 g/mol. The van der Waals surface area contributed by atoms with Gasteiger partial charge in [-0.15, -0.1) is 0 Å². The lowest BCUT2D eigenvalue weighted by atomic mass is 9.84. The molecule has 0 bridgehead atoms. The molecule has 0 aliphatic heterocycles. The van der Waals surface area contributed by atoms with Crippen LogP contribution in [0.15, 0.2) is 0 Å². The van der Waals surface area contributed by atoms with Crippen molar-refractivity contribution in [1.82, 2.24) is 5.32 Å². The minimum absolute atomic E-state index is 0.0619. The minimum Gasteiger partial charge on any atom is -0.355 e. The fraction of sp³-hybridized carbons (Fsp3) is 0.923. The van der Waals surface area contributed by atoms with Gasteiger partial charge in [0.25, 0.3) is 0 Å². The number of amides is 1. The standard InChI is InChI=1S/C13H28N2O/c1-9(2)7-13(5,6)8-15-12(16)10(3)11(4)14/h9-11H,7-8,14H2,1-6H3,(H,15,16). The van der Waals surface area contributed by atoms with Crippen molar-refractivity contribution in [2.45, 2.75) is 54.0 Å². The Labute approximate surface area is 100 Å². The zero-order chi connectivity index (χ0) is 12.9. The summed E-state index contributed by atoms with van der Waals surface area (Å²) in [7, 11) is 0. The second-order valence-electron chi connectivity index (χ2n) is 6.13. The molecule has 0 radical (unpaired) electrons. The van der Waals surface area contributed by atoms with Crippen molar-refractivity contribution in [2.75, 3.05) is 6.54 Å². The van der Waals surface area contributed by atoms with E-state index in [4.69, 9.17) is 5.73 Å². The predicted octanol–water partition coefficient (Wildman–Crippen LogP) is 2.16.